The first-order chi connectivity index (χ1) is 21.9. The number of hydrogen-bond donors (Lipinski definition) is 3. The van der Waals surface area contributed by atoms with E-state index in [2.05, 4.69) is 26.0 Å². The maximum absolute atomic E-state index is 14.2. The van der Waals surface area contributed by atoms with Crippen LogP contribution in [0, 0.1) is 5.92 Å². The van der Waals surface area contributed by atoms with E-state index in [0.717, 1.165) is 19.3 Å². The molecule has 2 fully saturated rings. The number of fused-ring (bicyclic) bond motifs is 2. The Morgan fingerprint density at radius 2 is 1.91 bits per heavy atom. The number of amides is 3. The molecule has 3 N–H and O–H groups in total. The lowest BCUT2D eigenvalue weighted by atomic mass is 10.0. The number of aliphatic carboxylic acids is 1. The normalized spacial score (nSPS) is 27.7. The molecular formula is C32H43N7O7. The van der Waals surface area contributed by atoms with Gasteiger partial charge in [-0.05, 0) is 82.9 Å². The molecule has 3 heterocycles. The number of carboxylic acid groups (broad SMARTS) is 1. The first kappa shape index (κ1) is 32.9. The van der Waals surface area contributed by atoms with Gasteiger partial charge < -0.3 is 30.1 Å². The first-order valence-electron chi connectivity index (χ1n) is 15.9. The second-order valence-corrected chi connectivity index (χ2v) is 13.1. The third kappa shape index (κ3) is 7.48. The Morgan fingerprint density at radius 1 is 1.15 bits per heavy atom. The highest BCUT2D eigenvalue weighted by atomic mass is 16.6. The zero-order valence-corrected chi connectivity index (χ0v) is 26.8. The molecule has 1 aromatic heterocycles. The van der Waals surface area contributed by atoms with Crippen molar-refractivity contribution >= 4 is 23.9 Å². The number of carbonyl (C=O) groups excluding carboxylic acids is 3. The molecule has 46 heavy (non-hydrogen) atoms. The van der Waals surface area contributed by atoms with Gasteiger partial charge in [0.25, 0.3) is 0 Å². The van der Waals surface area contributed by atoms with E-state index >= 15 is 0 Å². The van der Waals surface area contributed by atoms with Gasteiger partial charge in [0, 0.05) is 24.4 Å². The number of nitrogens with zero attached hydrogens (tertiary/aromatic N) is 5. The molecule has 3 aliphatic rings. The smallest absolute Gasteiger partial charge is 0.408 e. The van der Waals surface area contributed by atoms with Gasteiger partial charge in [-0.2, -0.15) is 4.80 Å². The van der Waals surface area contributed by atoms with Crippen LogP contribution in [0.25, 0.3) is 11.4 Å². The van der Waals surface area contributed by atoms with Gasteiger partial charge in [-0.15, -0.1) is 10.2 Å². The molecule has 0 bridgehead atoms. The zero-order valence-electron chi connectivity index (χ0n) is 26.8. The lowest BCUT2D eigenvalue weighted by Crippen LogP contribution is -2.56. The highest BCUT2D eigenvalue weighted by Crippen LogP contribution is 2.45. The largest absolute Gasteiger partial charge is 0.494 e. The number of benzene rings is 1. The van der Waals surface area contributed by atoms with Gasteiger partial charge in [0.15, 0.2) is 0 Å². The molecule has 2 aromatic rings. The number of nitrogens with one attached hydrogen (secondary N) is 2. The summed E-state index contributed by atoms with van der Waals surface area (Å²) in [6.45, 7) is 7.71. The molecule has 1 saturated carbocycles. The van der Waals surface area contributed by atoms with Crippen molar-refractivity contribution in [3.63, 3.8) is 0 Å². The fraction of sp³-hybridized carbons (Fsp3) is 0.594. The summed E-state index contributed by atoms with van der Waals surface area (Å²) in [5.41, 5.74) is -1.48. The van der Waals surface area contributed by atoms with E-state index in [4.69, 9.17) is 9.47 Å². The van der Waals surface area contributed by atoms with Crippen molar-refractivity contribution < 1.29 is 33.8 Å². The summed E-state index contributed by atoms with van der Waals surface area (Å²) < 4.78 is 11.0. The van der Waals surface area contributed by atoms with Crippen LogP contribution in [0.3, 0.4) is 0 Å². The Kier molecular flexibility index (Phi) is 9.63. The summed E-state index contributed by atoms with van der Waals surface area (Å²) in [6.07, 6.45) is 6.90. The van der Waals surface area contributed by atoms with Crippen LogP contribution >= 0.6 is 0 Å². The molecule has 1 aliphatic carbocycles. The Balaban J connectivity index is 1.42. The van der Waals surface area contributed by atoms with E-state index < -0.39 is 53.1 Å². The average Bonchev–Trinajstić information content (AvgIpc) is 3.31. The van der Waals surface area contributed by atoms with Crippen LogP contribution in [0.5, 0.6) is 5.75 Å². The number of carboxylic acids is 1. The van der Waals surface area contributed by atoms with Crippen LogP contribution in [-0.4, -0.2) is 90.5 Å². The van der Waals surface area contributed by atoms with Crippen LogP contribution in [0.1, 0.15) is 78.7 Å². The third-order valence-electron chi connectivity index (χ3n) is 8.51. The van der Waals surface area contributed by atoms with E-state index in [0.29, 0.717) is 36.6 Å². The molecular weight excluding hydrogens is 594 g/mol. The van der Waals surface area contributed by atoms with Gasteiger partial charge in [0.1, 0.15) is 29.0 Å². The first-order valence-corrected chi connectivity index (χ1v) is 15.9. The predicted molar refractivity (Wildman–Crippen MR) is 166 cm³/mol. The fourth-order valence-electron chi connectivity index (χ4n) is 6.06. The maximum Gasteiger partial charge on any atom is 0.408 e. The lowest BCUT2D eigenvalue weighted by molar-refractivity contribution is -0.145. The van der Waals surface area contributed by atoms with Crippen molar-refractivity contribution in [1.82, 2.24) is 35.7 Å². The Labute approximate surface area is 267 Å². The summed E-state index contributed by atoms with van der Waals surface area (Å²) >= 11 is 0. The van der Waals surface area contributed by atoms with Crippen molar-refractivity contribution in [3.05, 3.63) is 36.4 Å². The van der Waals surface area contributed by atoms with Crippen LogP contribution in [-0.2, 0) is 19.1 Å². The minimum atomic E-state index is -1.43. The second-order valence-electron chi connectivity index (χ2n) is 13.1. The fourth-order valence-corrected chi connectivity index (χ4v) is 6.06. The molecule has 1 aromatic carbocycles. The molecule has 1 saturated heterocycles. The molecule has 14 nitrogen and oxygen atoms in total. The van der Waals surface area contributed by atoms with Crippen LogP contribution < -0.4 is 15.4 Å². The SMILES string of the molecule is CCOc1ccc(-c2nnn([C@@H]3C[C@H]4C(=O)N[C@]5(C(=O)O)C[C@H]5/C=C\CCCCC[C@H](NC(=O)OC(C)(C)C)C(=O)N4C3)n2)cc1. The quantitative estimate of drug-likeness (QED) is 0.398. The summed E-state index contributed by atoms with van der Waals surface area (Å²) in [5, 5.41) is 28.6. The van der Waals surface area contributed by atoms with Crippen LogP contribution in [0.2, 0.25) is 0 Å². The van der Waals surface area contributed by atoms with Gasteiger partial charge >= 0.3 is 12.1 Å². The highest BCUT2D eigenvalue weighted by Gasteiger charge is 2.61. The van der Waals surface area contributed by atoms with Crippen LogP contribution in [0.15, 0.2) is 36.4 Å². The number of rotatable bonds is 6. The van der Waals surface area contributed by atoms with Crippen molar-refractivity contribution in [2.45, 2.75) is 102 Å². The van der Waals surface area contributed by atoms with E-state index in [1.165, 1.54) is 9.70 Å². The monoisotopic (exact) mass is 637 g/mol. The molecule has 14 heteroatoms. The van der Waals surface area contributed by atoms with E-state index in [-0.39, 0.29) is 25.3 Å². The second kappa shape index (κ2) is 13.5. The molecule has 0 radical (unpaired) electrons. The molecule has 0 unspecified atom stereocenters. The number of carbonyl (C=O) groups is 4. The summed E-state index contributed by atoms with van der Waals surface area (Å²) in [4.78, 5) is 56.0. The summed E-state index contributed by atoms with van der Waals surface area (Å²) in [5.74, 6) is -1.40. The van der Waals surface area contributed by atoms with Gasteiger partial charge in [-0.3, -0.25) is 9.59 Å². The topological polar surface area (TPSA) is 178 Å². The number of aromatic nitrogens is 4. The molecule has 2 aliphatic heterocycles. The standard InChI is InChI=1S/C32H43N7O7/c1-5-45-23-15-13-20(14-16-23)26-35-37-39(36-26)22-17-25-27(40)34-32(29(42)43)18-21(32)11-9-7-6-8-10-12-24(28(41)38(25)19-22)33-30(44)46-31(2,3)4/h9,11,13-16,21-22,24-25H,5-8,10,12,17-19H2,1-4H3,(H,33,44)(H,34,40)(H,42,43)/b11-9-/t21-,22-,24+,25+,32-/m1/s1. The lowest BCUT2D eigenvalue weighted by Gasteiger charge is -2.30. The molecule has 5 atom stereocenters. The predicted octanol–water partition coefficient (Wildman–Crippen LogP) is 3.25. The van der Waals surface area contributed by atoms with Crippen molar-refractivity contribution in [3.8, 4) is 17.1 Å². The number of allylic oxidation sites excluding steroid dienone is 1. The van der Waals surface area contributed by atoms with Gasteiger partial charge in [0.2, 0.25) is 17.6 Å². The highest BCUT2D eigenvalue weighted by molar-refractivity contribution is 5.96. The Bertz CT molecular complexity index is 1470. The number of tetrazole rings is 1. The summed E-state index contributed by atoms with van der Waals surface area (Å²) in [6, 6.07) is 4.76. The van der Waals surface area contributed by atoms with Crippen molar-refractivity contribution in [2.24, 2.45) is 5.92 Å². The van der Waals surface area contributed by atoms with E-state index in [9.17, 15) is 24.3 Å². The van der Waals surface area contributed by atoms with Gasteiger partial charge in [-0.1, -0.05) is 25.0 Å². The molecule has 248 valence electrons. The van der Waals surface area contributed by atoms with E-state index in [1.807, 2.05) is 43.3 Å². The van der Waals surface area contributed by atoms with Gasteiger partial charge in [-0.25, -0.2) is 9.59 Å². The molecule has 3 amide bonds. The van der Waals surface area contributed by atoms with Crippen LogP contribution in [0.4, 0.5) is 4.79 Å². The summed E-state index contributed by atoms with van der Waals surface area (Å²) in [7, 11) is 0. The molecule has 5 rings (SSSR count). The maximum atomic E-state index is 14.2. The number of hydrogen-bond acceptors (Lipinski definition) is 9. The Morgan fingerprint density at radius 3 is 2.61 bits per heavy atom. The minimum Gasteiger partial charge on any atom is -0.494 e. The third-order valence-corrected chi connectivity index (χ3v) is 8.51. The van der Waals surface area contributed by atoms with Crippen molar-refractivity contribution in [2.75, 3.05) is 13.2 Å². The van der Waals surface area contributed by atoms with Crippen molar-refractivity contribution in [1.29, 1.82) is 0 Å². The molecule has 0 spiro atoms. The Hall–Kier alpha value is -4.49. The minimum absolute atomic E-state index is 0.0614. The average molecular weight is 638 g/mol. The number of ether oxygens (including phenoxy) is 2. The zero-order chi connectivity index (χ0) is 33.1. The van der Waals surface area contributed by atoms with Gasteiger partial charge in [0.05, 0.1) is 12.6 Å². The van der Waals surface area contributed by atoms with E-state index in [1.54, 1.807) is 20.8 Å². The number of alkyl carbamates (subject to hydrolysis) is 1.